The number of benzene rings is 1. The molecule has 0 fully saturated rings. The minimum absolute atomic E-state index is 0.141. The van der Waals surface area contributed by atoms with Crippen molar-refractivity contribution in [2.45, 2.75) is 6.54 Å². The molecular weight excluding hydrogens is 256 g/mol. The number of methoxy groups -OCH3 is 1. The highest BCUT2D eigenvalue weighted by Gasteiger charge is 2.16. The summed E-state index contributed by atoms with van der Waals surface area (Å²) in [6.45, 7) is 0.449. The Bertz CT molecular complexity index is 596. The summed E-state index contributed by atoms with van der Waals surface area (Å²) in [6, 6.07) is 8.39. The Morgan fingerprint density at radius 3 is 2.65 bits per heavy atom. The van der Waals surface area contributed by atoms with Crippen LogP contribution in [0.3, 0.4) is 0 Å². The normalized spacial score (nSPS) is 10.1. The molecule has 1 heterocycles. The van der Waals surface area contributed by atoms with Gasteiger partial charge in [-0.15, -0.1) is 0 Å². The fourth-order valence-corrected chi connectivity index (χ4v) is 1.87. The third-order valence-corrected chi connectivity index (χ3v) is 2.94. The van der Waals surface area contributed by atoms with E-state index in [0.717, 1.165) is 5.56 Å². The van der Waals surface area contributed by atoms with Crippen LogP contribution in [0.25, 0.3) is 0 Å². The van der Waals surface area contributed by atoms with E-state index in [-0.39, 0.29) is 11.7 Å². The number of carbonyl (C=O) groups excluding carboxylic acids is 1. The molecule has 2 aromatic rings. The number of aromatic hydroxyl groups is 1. The number of pyridine rings is 1. The second-order valence-corrected chi connectivity index (χ2v) is 4.40. The summed E-state index contributed by atoms with van der Waals surface area (Å²) in [5, 5.41) is 9.24. The monoisotopic (exact) mass is 272 g/mol. The van der Waals surface area contributed by atoms with Gasteiger partial charge in [0, 0.05) is 19.8 Å². The van der Waals surface area contributed by atoms with Gasteiger partial charge in [-0.25, -0.2) is 0 Å². The number of hydrogen-bond donors (Lipinski definition) is 1. The molecule has 0 aliphatic carbocycles. The van der Waals surface area contributed by atoms with Crippen molar-refractivity contribution in [2.24, 2.45) is 0 Å². The molecule has 0 aliphatic rings. The van der Waals surface area contributed by atoms with Crippen molar-refractivity contribution in [3.8, 4) is 11.5 Å². The molecule has 1 aromatic carbocycles. The standard InChI is InChI=1S/C15H16N2O3/c1-17(10-11-3-5-12(18)6-4-11)15(19)13-7-8-16-9-14(13)20-2/h3-9,18H,10H2,1-2H3. The summed E-state index contributed by atoms with van der Waals surface area (Å²) in [4.78, 5) is 17.9. The lowest BCUT2D eigenvalue weighted by Gasteiger charge is -2.18. The van der Waals surface area contributed by atoms with Gasteiger partial charge in [0.05, 0.1) is 18.9 Å². The van der Waals surface area contributed by atoms with Crippen LogP contribution in [-0.2, 0) is 6.54 Å². The molecular formula is C15H16N2O3. The maximum Gasteiger partial charge on any atom is 0.257 e. The molecule has 1 amide bonds. The first-order chi connectivity index (χ1) is 9.61. The van der Waals surface area contributed by atoms with Gasteiger partial charge in [-0.2, -0.15) is 0 Å². The van der Waals surface area contributed by atoms with Gasteiger partial charge in [0.2, 0.25) is 0 Å². The first-order valence-corrected chi connectivity index (χ1v) is 6.13. The maximum absolute atomic E-state index is 12.4. The lowest BCUT2D eigenvalue weighted by molar-refractivity contribution is 0.0781. The molecule has 0 saturated heterocycles. The summed E-state index contributed by atoms with van der Waals surface area (Å²) in [6.07, 6.45) is 3.08. The lowest BCUT2D eigenvalue weighted by Crippen LogP contribution is -2.26. The van der Waals surface area contributed by atoms with Crippen LogP contribution in [0.1, 0.15) is 15.9 Å². The SMILES string of the molecule is COc1cnccc1C(=O)N(C)Cc1ccc(O)cc1. The smallest absolute Gasteiger partial charge is 0.257 e. The summed E-state index contributed by atoms with van der Waals surface area (Å²) in [7, 11) is 3.23. The lowest BCUT2D eigenvalue weighted by atomic mass is 10.1. The van der Waals surface area contributed by atoms with Gasteiger partial charge in [0.1, 0.15) is 11.5 Å². The Balaban J connectivity index is 2.14. The summed E-state index contributed by atoms with van der Waals surface area (Å²) in [5.41, 5.74) is 1.41. The number of rotatable bonds is 4. The minimum Gasteiger partial charge on any atom is -0.508 e. The summed E-state index contributed by atoms with van der Waals surface area (Å²) >= 11 is 0. The Morgan fingerprint density at radius 2 is 2.00 bits per heavy atom. The Morgan fingerprint density at radius 1 is 1.30 bits per heavy atom. The van der Waals surface area contributed by atoms with Crippen molar-refractivity contribution in [1.29, 1.82) is 0 Å². The molecule has 0 aliphatic heterocycles. The molecule has 2 rings (SSSR count). The number of phenols is 1. The van der Waals surface area contributed by atoms with Crippen molar-refractivity contribution in [1.82, 2.24) is 9.88 Å². The molecule has 1 aromatic heterocycles. The molecule has 0 saturated carbocycles. The van der Waals surface area contributed by atoms with Gasteiger partial charge in [0.25, 0.3) is 5.91 Å². The summed E-state index contributed by atoms with van der Waals surface area (Å²) in [5.74, 6) is 0.519. The van der Waals surface area contributed by atoms with E-state index in [1.54, 1.807) is 48.5 Å². The zero-order valence-corrected chi connectivity index (χ0v) is 11.4. The molecule has 0 bridgehead atoms. The van der Waals surface area contributed by atoms with Crippen LogP contribution in [0, 0.1) is 0 Å². The third-order valence-electron chi connectivity index (χ3n) is 2.94. The van der Waals surface area contributed by atoms with Crippen LogP contribution >= 0.6 is 0 Å². The van der Waals surface area contributed by atoms with Gasteiger partial charge in [0.15, 0.2) is 0 Å². The Hall–Kier alpha value is -2.56. The molecule has 1 N–H and O–H groups in total. The van der Waals surface area contributed by atoms with Crippen molar-refractivity contribution < 1.29 is 14.6 Å². The average molecular weight is 272 g/mol. The van der Waals surface area contributed by atoms with Crippen LogP contribution in [0.4, 0.5) is 0 Å². The summed E-state index contributed by atoms with van der Waals surface area (Å²) < 4.78 is 5.14. The molecule has 0 unspecified atom stereocenters. The number of nitrogens with zero attached hydrogens (tertiary/aromatic N) is 2. The molecule has 20 heavy (non-hydrogen) atoms. The number of hydrogen-bond acceptors (Lipinski definition) is 4. The van der Waals surface area contributed by atoms with E-state index in [1.165, 1.54) is 13.3 Å². The third kappa shape index (κ3) is 3.06. The van der Waals surface area contributed by atoms with E-state index in [4.69, 9.17) is 4.74 Å². The predicted octanol–water partition coefficient (Wildman–Crippen LogP) is 2.07. The predicted molar refractivity (Wildman–Crippen MR) is 74.7 cm³/mol. The average Bonchev–Trinajstić information content (AvgIpc) is 2.48. The van der Waals surface area contributed by atoms with Crippen LogP contribution in [0.2, 0.25) is 0 Å². The maximum atomic E-state index is 12.4. The molecule has 5 nitrogen and oxygen atoms in total. The fraction of sp³-hybridized carbons (Fsp3) is 0.200. The van der Waals surface area contributed by atoms with Gasteiger partial charge in [-0.1, -0.05) is 12.1 Å². The van der Waals surface area contributed by atoms with Gasteiger partial charge >= 0.3 is 0 Å². The van der Waals surface area contributed by atoms with Crippen LogP contribution in [0.5, 0.6) is 11.5 Å². The first kappa shape index (κ1) is 13.9. The van der Waals surface area contributed by atoms with E-state index >= 15 is 0 Å². The van der Waals surface area contributed by atoms with Crippen LogP contribution < -0.4 is 4.74 Å². The second kappa shape index (κ2) is 6.06. The van der Waals surface area contributed by atoms with E-state index in [1.807, 2.05) is 0 Å². The van der Waals surface area contributed by atoms with Gasteiger partial charge in [-0.3, -0.25) is 9.78 Å². The number of carbonyl (C=O) groups is 1. The van der Waals surface area contributed by atoms with Crippen LogP contribution in [-0.4, -0.2) is 35.1 Å². The molecule has 0 atom stereocenters. The van der Waals surface area contributed by atoms with Gasteiger partial charge < -0.3 is 14.7 Å². The fourth-order valence-electron chi connectivity index (χ4n) is 1.87. The van der Waals surface area contributed by atoms with Crippen molar-refractivity contribution in [3.05, 3.63) is 53.9 Å². The van der Waals surface area contributed by atoms with E-state index in [9.17, 15) is 9.90 Å². The van der Waals surface area contributed by atoms with Crippen molar-refractivity contribution in [2.75, 3.05) is 14.2 Å². The zero-order valence-electron chi connectivity index (χ0n) is 11.4. The largest absolute Gasteiger partial charge is 0.508 e. The molecule has 0 spiro atoms. The number of ether oxygens (including phenoxy) is 1. The highest BCUT2D eigenvalue weighted by molar-refractivity contribution is 5.96. The molecule has 104 valence electrons. The quantitative estimate of drug-likeness (QED) is 0.925. The number of amides is 1. The number of phenolic OH excluding ortho intramolecular Hbond substituents is 1. The highest BCUT2D eigenvalue weighted by Crippen LogP contribution is 2.19. The number of aromatic nitrogens is 1. The van der Waals surface area contributed by atoms with E-state index in [2.05, 4.69) is 4.98 Å². The zero-order chi connectivity index (χ0) is 14.5. The van der Waals surface area contributed by atoms with Gasteiger partial charge in [-0.05, 0) is 23.8 Å². The second-order valence-electron chi connectivity index (χ2n) is 4.40. The topological polar surface area (TPSA) is 62.7 Å². The minimum atomic E-state index is -0.141. The Labute approximate surface area is 117 Å². The van der Waals surface area contributed by atoms with Crippen LogP contribution in [0.15, 0.2) is 42.7 Å². The van der Waals surface area contributed by atoms with E-state index < -0.39 is 0 Å². The highest BCUT2D eigenvalue weighted by atomic mass is 16.5. The first-order valence-electron chi connectivity index (χ1n) is 6.13. The van der Waals surface area contributed by atoms with Crippen molar-refractivity contribution >= 4 is 5.91 Å². The Kier molecular flexibility index (Phi) is 4.20. The van der Waals surface area contributed by atoms with E-state index in [0.29, 0.717) is 17.9 Å². The molecule has 5 heteroatoms. The van der Waals surface area contributed by atoms with Crippen molar-refractivity contribution in [3.63, 3.8) is 0 Å². The molecule has 0 radical (unpaired) electrons.